The van der Waals surface area contributed by atoms with Gasteiger partial charge in [-0.25, -0.2) is 9.97 Å². The highest BCUT2D eigenvalue weighted by Gasteiger charge is 2.53. The molecule has 4 bridgehead atoms. The zero-order valence-corrected chi connectivity index (χ0v) is 17.3. The summed E-state index contributed by atoms with van der Waals surface area (Å²) in [6.07, 6.45) is 12.7. The standard InChI is InChI=1S/C22H26N4O2S/c27-18-16(20(28)26-4-1-2-17(26)19-23-3-5-29-19)12-24-21(25-18)22-9-13-6-14(10-22)8-15(7-13)11-22/h3,5,12-15,17H,1-2,4,6-11H2,(H,24,25,27). The van der Waals surface area contributed by atoms with Crippen LogP contribution in [0.4, 0.5) is 0 Å². The van der Waals surface area contributed by atoms with Crippen molar-refractivity contribution in [1.82, 2.24) is 19.9 Å². The maximum Gasteiger partial charge on any atom is 0.263 e. The van der Waals surface area contributed by atoms with E-state index in [4.69, 9.17) is 4.98 Å². The summed E-state index contributed by atoms with van der Waals surface area (Å²) in [6, 6.07) is -0.0234. The van der Waals surface area contributed by atoms with Crippen LogP contribution in [0.3, 0.4) is 0 Å². The Morgan fingerprint density at radius 1 is 1.14 bits per heavy atom. The van der Waals surface area contributed by atoms with Crippen molar-refractivity contribution in [3.8, 4) is 0 Å². The fourth-order valence-corrected chi connectivity index (χ4v) is 7.82. The first-order chi connectivity index (χ1) is 14.1. The van der Waals surface area contributed by atoms with Crippen molar-refractivity contribution < 1.29 is 4.79 Å². The minimum Gasteiger partial charge on any atom is -0.329 e. The Morgan fingerprint density at radius 2 is 1.86 bits per heavy atom. The van der Waals surface area contributed by atoms with Crippen LogP contribution in [0.2, 0.25) is 0 Å². The fraction of sp³-hybridized carbons (Fsp3) is 0.636. The van der Waals surface area contributed by atoms with Crippen LogP contribution in [0, 0.1) is 17.8 Å². The molecule has 1 aliphatic heterocycles. The lowest BCUT2D eigenvalue weighted by molar-refractivity contribution is -0.00955. The molecule has 1 amide bonds. The van der Waals surface area contributed by atoms with Crippen molar-refractivity contribution in [2.45, 2.75) is 62.8 Å². The molecule has 5 fully saturated rings. The van der Waals surface area contributed by atoms with Gasteiger partial charge >= 0.3 is 0 Å². The smallest absolute Gasteiger partial charge is 0.263 e. The predicted octanol–water partition coefficient (Wildman–Crippen LogP) is 3.67. The number of thiazole rings is 1. The maximum absolute atomic E-state index is 13.2. The molecule has 4 aliphatic carbocycles. The first kappa shape index (κ1) is 17.8. The second-order valence-electron chi connectivity index (χ2n) is 9.70. The van der Waals surface area contributed by atoms with Gasteiger partial charge in [-0.2, -0.15) is 0 Å². The molecule has 29 heavy (non-hydrogen) atoms. The topological polar surface area (TPSA) is 79.0 Å². The highest BCUT2D eigenvalue weighted by Crippen LogP contribution is 2.59. The van der Waals surface area contributed by atoms with E-state index >= 15 is 0 Å². The molecule has 2 aromatic heterocycles. The number of aromatic amines is 1. The van der Waals surface area contributed by atoms with Crippen molar-refractivity contribution in [1.29, 1.82) is 0 Å². The number of H-pyrrole nitrogens is 1. The van der Waals surface area contributed by atoms with Crippen molar-refractivity contribution in [3.63, 3.8) is 0 Å². The van der Waals surface area contributed by atoms with Gasteiger partial charge in [-0.15, -0.1) is 11.3 Å². The highest BCUT2D eigenvalue weighted by atomic mass is 32.1. The number of aromatic nitrogens is 3. The molecule has 1 N–H and O–H groups in total. The normalized spacial score (nSPS) is 35.4. The van der Waals surface area contributed by atoms with Gasteiger partial charge in [0.15, 0.2) is 0 Å². The monoisotopic (exact) mass is 410 g/mol. The van der Waals surface area contributed by atoms with Gasteiger partial charge in [-0.1, -0.05) is 0 Å². The van der Waals surface area contributed by atoms with Crippen molar-refractivity contribution in [3.05, 3.63) is 44.5 Å². The molecule has 1 atom stereocenters. The van der Waals surface area contributed by atoms with E-state index in [0.29, 0.717) is 6.54 Å². The van der Waals surface area contributed by atoms with Crippen LogP contribution in [-0.2, 0) is 5.41 Å². The van der Waals surface area contributed by atoms with Crippen LogP contribution in [-0.4, -0.2) is 32.3 Å². The predicted molar refractivity (Wildman–Crippen MR) is 110 cm³/mol. The Kier molecular flexibility index (Phi) is 3.98. The summed E-state index contributed by atoms with van der Waals surface area (Å²) in [5, 5.41) is 2.88. The van der Waals surface area contributed by atoms with Crippen LogP contribution in [0.1, 0.15) is 78.6 Å². The minimum absolute atomic E-state index is 0.0234. The summed E-state index contributed by atoms with van der Waals surface area (Å²) in [5.74, 6) is 2.98. The van der Waals surface area contributed by atoms with Crippen molar-refractivity contribution >= 4 is 17.2 Å². The first-order valence-corrected chi connectivity index (χ1v) is 11.8. The fourth-order valence-electron chi connectivity index (χ4n) is 7.04. The molecule has 7 rings (SSSR count). The van der Waals surface area contributed by atoms with Crippen molar-refractivity contribution in [2.75, 3.05) is 6.54 Å². The van der Waals surface area contributed by atoms with Gasteiger partial charge in [-0.3, -0.25) is 9.59 Å². The highest BCUT2D eigenvalue weighted by molar-refractivity contribution is 7.09. The number of amides is 1. The van der Waals surface area contributed by atoms with Gasteiger partial charge in [0.1, 0.15) is 16.4 Å². The molecule has 0 radical (unpaired) electrons. The Bertz CT molecular complexity index is 963. The number of hydrogen-bond acceptors (Lipinski definition) is 5. The molecule has 152 valence electrons. The summed E-state index contributed by atoms with van der Waals surface area (Å²) in [6.45, 7) is 0.666. The molecule has 6 nitrogen and oxygen atoms in total. The number of likely N-dealkylation sites (tertiary alicyclic amines) is 1. The molecule has 4 saturated carbocycles. The summed E-state index contributed by atoms with van der Waals surface area (Å²) < 4.78 is 0. The molecular formula is C22H26N4O2S. The Balaban J connectivity index is 1.29. The van der Waals surface area contributed by atoms with Crippen LogP contribution in [0.15, 0.2) is 22.6 Å². The van der Waals surface area contributed by atoms with Gasteiger partial charge in [0.05, 0.1) is 6.04 Å². The third-order valence-electron chi connectivity index (χ3n) is 7.82. The zero-order chi connectivity index (χ0) is 19.6. The lowest BCUT2D eigenvalue weighted by atomic mass is 9.49. The average Bonchev–Trinajstić information content (AvgIpc) is 3.38. The van der Waals surface area contributed by atoms with E-state index in [1.54, 1.807) is 28.6 Å². The Labute approximate surface area is 173 Å². The van der Waals surface area contributed by atoms with Crippen LogP contribution in [0.25, 0.3) is 0 Å². The molecular weight excluding hydrogens is 384 g/mol. The van der Waals surface area contributed by atoms with E-state index < -0.39 is 0 Å². The molecule has 1 saturated heterocycles. The van der Waals surface area contributed by atoms with Crippen LogP contribution >= 0.6 is 11.3 Å². The van der Waals surface area contributed by atoms with E-state index in [0.717, 1.165) is 60.7 Å². The van der Waals surface area contributed by atoms with Crippen molar-refractivity contribution in [2.24, 2.45) is 17.8 Å². The number of carbonyl (C=O) groups excluding carboxylic acids is 1. The molecule has 5 aliphatic rings. The number of rotatable bonds is 3. The largest absolute Gasteiger partial charge is 0.329 e. The van der Waals surface area contributed by atoms with Gasteiger partial charge in [0.2, 0.25) is 0 Å². The van der Waals surface area contributed by atoms with Crippen LogP contribution < -0.4 is 5.56 Å². The molecule has 0 spiro atoms. The zero-order valence-electron chi connectivity index (χ0n) is 16.5. The molecule has 2 aromatic rings. The number of carbonyl (C=O) groups is 1. The quantitative estimate of drug-likeness (QED) is 0.837. The summed E-state index contributed by atoms with van der Waals surface area (Å²) in [5.41, 5.74) is -0.0745. The summed E-state index contributed by atoms with van der Waals surface area (Å²) in [7, 11) is 0. The first-order valence-electron chi connectivity index (χ1n) is 10.9. The maximum atomic E-state index is 13.2. The average molecular weight is 411 g/mol. The van der Waals surface area contributed by atoms with Crippen LogP contribution in [0.5, 0.6) is 0 Å². The van der Waals surface area contributed by atoms with E-state index in [1.165, 1.54) is 19.3 Å². The number of hydrogen-bond donors (Lipinski definition) is 1. The summed E-state index contributed by atoms with van der Waals surface area (Å²) >= 11 is 1.57. The van der Waals surface area contributed by atoms with Gasteiger partial charge in [0.25, 0.3) is 11.5 Å². The number of nitrogens with zero attached hydrogens (tertiary/aromatic N) is 3. The summed E-state index contributed by atoms with van der Waals surface area (Å²) in [4.78, 5) is 40.1. The number of nitrogens with one attached hydrogen (secondary N) is 1. The van der Waals surface area contributed by atoms with E-state index in [2.05, 4.69) is 9.97 Å². The minimum atomic E-state index is -0.277. The Morgan fingerprint density at radius 3 is 2.48 bits per heavy atom. The molecule has 0 aromatic carbocycles. The van der Waals surface area contributed by atoms with E-state index in [9.17, 15) is 9.59 Å². The molecule has 1 unspecified atom stereocenters. The second-order valence-corrected chi connectivity index (χ2v) is 10.6. The third-order valence-corrected chi connectivity index (χ3v) is 8.70. The lowest BCUT2D eigenvalue weighted by Gasteiger charge is -2.56. The lowest BCUT2D eigenvalue weighted by Crippen LogP contribution is -2.50. The van der Waals surface area contributed by atoms with Gasteiger partial charge in [0, 0.05) is 29.7 Å². The molecule has 3 heterocycles. The van der Waals surface area contributed by atoms with Gasteiger partial charge in [-0.05, 0) is 69.1 Å². The second kappa shape index (κ2) is 6.49. The van der Waals surface area contributed by atoms with Gasteiger partial charge < -0.3 is 9.88 Å². The van der Waals surface area contributed by atoms with E-state index in [-0.39, 0.29) is 28.5 Å². The SMILES string of the molecule is O=C(c1cnc(C23CC4CC(CC(C4)C2)C3)[nH]c1=O)N1CCCC1c1nccs1. The molecule has 7 heteroatoms. The Hall–Kier alpha value is -2.02. The third kappa shape index (κ3) is 2.80. The van der Waals surface area contributed by atoms with E-state index in [1.807, 2.05) is 5.38 Å².